The van der Waals surface area contributed by atoms with E-state index in [-0.39, 0.29) is 0 Å². The smallest absolute Gasteiger partial charge is 0.254 e. The molecule has 4 nitrogen and oxygen atoms in total. The van der Waals surface area contributed by atoms with Gasteiger partial charge in [-0.25, -0.2) is 0 Å². The highest BCUT2D eigenvalue weighted by Gasteiger charge is 2.40. The Kier molecular flexibility index (Phi) is 1.77. The first-order valence-electron chi connectivity index (χ1n) is 4.06. The lowest BCUT2D eigenvalue weighted by Crippen LogP contribution is -2.01. The molecule has 1 heterocycles. The molecule has 0 saturated heterocycles. The summed E-state index contributed by atoms with van der Waals surface area (Å²) in [5.74, 6) is 2.52. The van der Waals surface area contributed by atoms with Crippen LogP contribution in [0.5, 0.6) is 5.88 Å². The molecule has 1 aromatic rings. The summed E-state index contributed by atoms with van der Waals surface area (Å²) in [4.78, 5) is 0. The van der Waals surface area contributed by atoms with E-state index in [1.165, 1.54) is 0 Å². The summed E-state index contributed by atoms with van der Waals surface area (Å²) in [6.45, 7) is 0.730. The average Bonchev–Trinajstić information content (AvgIpc) is 2.75. The fourth-order valence-electron chi connectivity index (χ4n) is 1.40. The van der Waals surface area contributed by atoms with Gasteiger partial charge in [-0.05, 0) is 24.0 Å². The van der Waals surface area contributed by atoms with E-state index in [1.807, 2.05) is 6.07 Å². The lowest BCUT2D eigenvalue weighted by Gasteiger charge is -1.88. The minimum absolute atomic E-state index is 0.478. The third kappa shape index (κ3) is 1.18. The summed E-state index contributed by atoms with van der Waals surface area (Å²) < 4.78 is 9.99. The minimum Gasteiger partial charge on any atom is -0.479 e. The molecule has 1 aliphatic rings. The van der Waals surface area contributed by atoms with Crippen molar-refractivity contribution in [3.8, 4) is 5.88 Å². The Bertz CT molecular complexity index is 272. The van der Waals surface area contributed by atoms with Crippen LogP contribution in [0.2, 0.25) is 0 Å². The molecule has 66 valence electrons. The second-order valence-corrected chi connectivity index (χ2v) is 3.11. The summed E-state index contributed by atoms with van der Waals surface area (Å²) in [6.07, 6.45) is 1.12. The minimum atomic E-state index is 0.478. The second-order valence-electron chi connectivity index (χ2n) is 3.11. The zero-order chi connectivity index (χ0) is 8.55. The molecule has 0 aliphatic heterocycles. The maximum Gasteiger partial charge on any atom is 0.254 e. The zero-order valence-corrected chi connectivity index (χ0v) is 6.99. The van der Waals surface area contributed by atoms with Gasteiger partial charge in [-0.15, -0.1) is 0 Å². The van der Waals surface area contributed by atoms with Crippen molar-refractivity contribution in [1.29, 1.82) is 0 Å². The van der Waals surface area contributed by atoms with Crippen LogP contribution in [-0.2, 0) is 0 Å². The Morgan fingerprint density at radius 2 is 2.67 bits per heavy atom. The first-order chi connectivity index (χ1) is 5.85. The highest BCUT2D eigenvalue weighted by Crippen LogP contribution is 2.47. The molecular weight excluding hydrogens is 156 g/mol. The van der Waals surface area contributed by atoms with Gasteiger partial charge in [0, 0.05) is 12.0 Å². The molecule has 0 unspecified atom stereocenters. The predicted molar refractivity (Wildman–Crippen MR) is 43.0 cm³/mol. The molecule has 2 atom stereocenters. The fourth-order valence-corrected chi connectivity index (χ4v) is 1.40. The van der Waals surface area contributed by atoms with Crippen molar-refractivity contribution in [2.75, 3.05) is 13.7 Å². The molecule has 0 bridgehead atoms. The maximum atomic E-state index is 5.51. The number of aromatic nitrogens is 1. The highest BCUT2D eigenvalue weighted by atomic mass is 16.5. The van der Waals surface area contributed by atoms with Crippen LogP contribution in [0.4, 0.5) is 0 Å². The van der Waals surface area contributed by atoms with Crippen molar-refractivity contribution in [3.05, 3.63) is 11.8 Å². The molecule has 1 saturated carbocycles. The van der Waals surface area contributed by atoms with Gasteiger partial charge in [-0.2, -0.15) is 0 Å². The first kappa shape index (κ1) is 7.61. The average molecular weight is 168 g/mol. The summed E-state index contributed by atoms with van der Waals surface area (Å²) in [5.41, 5.74) is 5.51. The summed E-state index contributed by atoms with van der Waals surface area (Å²) >= 11 is 0. The Morgan fingerprint density at radius 3 is 3.17 bits per heavy atom. The van der Waals surface area contributed by atoms with Crippen molar-refractivity contribution < 1.29 is 9.26 Å². The van der Waals surface area contributed by atoms with E-state index in [1.54, 1.807) is 7.11 Å². The summed E-state index contributed by atoms with van der Waals surface area (Å²) in [7, 11) is 1.58. The van der Waals surface area contributed by atoms with E-state index in [0.717, 1.165) is 18.7 Å². The van der Waals surface area contributed by atoms with Crippen molar-refractivity contribution in [3.63, 3.8) is 0 Å². The molecule has 2 rings (SSSR count). The Morgan fingerprint density at radius 1 is 1.83 bits per heavy atom. The fraction of sp³-hybridized carbons (Fsp3) is 0.625. The molecule has 0 radical (unpaired) electrons. The molecular formula is C8H12N2O2. The van der Waals surface area contributed by atoms with Crippen LogP contribution < -0.4 is 10.5 Å². The lowest BCUT2D eigenvalue weighted by molar-refractivity contribution is 0.325. The highest BCUT2D eigenvalue weighted by molar-refractivity contribution is 5.20. The van der Waals surface area contributed by atoms with Gasteiger partial charge in [0.25, 0.3) is 5.88 Å². The topological polar surface area (TPSA) is 61.3 Å². The first-order valence-corrected chi connectivity index (χ1v) is 4.06. The van der Waals surface area contributed by atoms with E-state index in [0.29, 0.717) is 17.7 Å². The molecule has 12 heavy (non-hydrogen) atoms. The van der Waals surface area contributed by atoms with Gasteiger partial charge >= 0.3 is 0 Å². The number of nitrogens with two attached hydrogens (primary N) is 1. The van der Waals surface area contributed by atoms with Gasteiger partial charge in [0.05, 0.1) is 7.11 Å². The molecule has 0 aromatic carbocycles. The van der Waals surface area contributed by atoms with Crippen LogP contribution in [0, 0.1) is 5.92 Å². The number of hydrogen-bond acceptors (Lipinski definition) is 4. The number of methoxy groups -OCH3 is 1. The lowest BCUT2D eigenvalue weighted by atomic mass is 10.2. The van der Waals surface area contributed by atoms with Gasteiger partial charge in [-0.3, -0.25) is 0 Å². The standard InChI is InChI=1S/C8H12N2O2/c1-11-8-3-7(12-10-8)6-2-5(6)4-9/h3,5-6H,2,4,9H2,1H3/t5-,6+/m0/s1. The second kappa shape index (κ2) is 2.79. The van der Waals surface area contributed by atoms with Crippen molar-refractivity contribution in [2.45, 2.75) is 12.3 Å². The SMILES string of the molecule is COc1cc([C@@H]2C[C@H]2CN)on1. The van der Waals surface area contributed by atoms with Gasteiger partial charge in [0.2, 0.25) is 0 Å². The normalized spacial score (nSPS) is 27.2. The van der Waals surface area contributed by atoms with Crippen LogP contribution in [0.15, 0.2) is 10.6 Å². The van der Waals surface area contributed by atoms with Crippen LogP contribution in [-0.4, -0.2) is 18.8 Å². The molecule has 2 N–H and O–H groups in total. The molecule has 4 heteroatoms. The van der Waals surface area contributed by atoms with E-state index in [2.05, 4.69) is 5.16 Å². The van der Waals surface area contributed by atoms with Crippen LogP contribution in [0.1, 0.15) is 18.1 Å². The summed E-state index contributed by atoms with van der Waals surface area (Å²) in [5, 5.41) is 3.73. The van der Waals surface area contributed by atoms with Gasteiger partial charge in [-0.1, -0.05) is 0 Å². The Hall–Kier alpha value is -1.03. The quantitative estimate of drug-likeness (QED) is 0.723. The van der Waals surface area contributed by atoms with Crippen LogP contribution in [0.3, 0.4) is 0 Å². The largest absolute Gasteiger partial charge is 0.479 e. The van der Waals surface area contributed by atoms with E-state index in [4.69, 9.17) is 15.0 Å². The van der Waals surface area contributed by atoms with Crippen molar-refractivity contribution >= 4 is 0 Å². The monoisotopic (exact) mass is 168 g/mol. The number of rotatable bonds is 3. The van der Waals surface area contributed by atoms with Crippen LogP contribution >= 0.6 is 0 Å². The van der Waals surface area contributed by atoms with Crippen LogP contribution in [0.25, 0.3) is 0 Å². The molecule has 1 aliphatic carbocycles. The van der Waals surface area contributed by atoms with Gasteiger partial charge in [0.15, 0.2) is 0 Å². The predicted octanol–water partition coefficient (Wildman–Crippen LogP) is 0.745. The molecule has 1 fully saturated rings. The summed E-state index contributed by atoms with van der Waals surface area (Å²) in [6, 6.07) is 1.83. The zero-order valence-electron chi connectivity index (χ0n) is 6.99. The molecule has 1 aromatic heterocycles. The number of nitrogens with zero attached hydrogens (tertiary/aromatic N) is 1. The van der Waals surface area contributed by atoms with E-state index in [9.17, 15) is 0 Å². The number of hydrogen-bond donors (Lipinski definition) is 1. The van der Waals surface area contributed by atoms with Gasteiger partial charge in [0.1, 0.15) is 5.76 Å². The van der Waals surface area contributed by atoms with Crippen molar-refractivity contribution in [1.82, 2.24) is 5.16 Å². The van der Waals surface area contributed by atoms with Crippen molar-refractivity contribution in [2.24, 2.45) is 11.7 Å². The van der Waals surface area contributed by atoms with E-state index < -0.39 is 0 Å². The third-order valence-corrected chi connectivity index (χ3v) is 2.31. The molecule has 0 spiro atoms. The molecule has 0 amide bonds. The Labute approximate surface area is 70.7 Å². The Balaban J connectivity index is 2.05. The third-order valence-electron chi connectivity index (χ3n) is 2.31. The number of ether oxygens (including phenoxy) is 1. The van der Waals surface area contributed by atoms with Gasteiger partial charge < -0.3 is 15.0 Å². The maximum absolute atomic E-state index is 5.51. The van der Waals surface area contributed by atoms with E-state index >= 15 is 0 Å².